The molecular weight excluding hydrogens is 372 g/mol. The van der Waals surface area contributed by atoms with Gasteiger partial charge in [-0.3, -0.25) is 4.79 Å². The standard InChI is InChI=1S/C21H22N4O4/c1-24(2)18-9-10-19(23-22-18)28-15-7-5-11-25(13-15)20(26)16-12-14-6-3-4-8-17(14)29-21(16)27/h3-4,6,8-10,12,15H,5,7,11,13H2,1-2H3. The van der Waals surface area contributed by atoms with Gasteiger partial charge in [0, 0.05) is 32.1 Å². The van der Waals surface area contributed by atoms with Crippen molar-refractivity contribution in [2.24, 2.45) is 0 Å². The van der Waals surface area contributed by atoms with Crippen LogP contribution in [0.2, 0.25) is 0 Å². The number of amides is 1. The third kappa shape index (κ3) is 4.06. The van der Waals surface area contributed by atoms with Crippen molar-refractivity contribution in [2.45, 2.75) is 18.9 Å². The molecule has 1 aromatic carbocycles. The van der Waals surface area contributed by atoms with Crippen LogP contribution in [0.4, 0.5) is 5.82 Å². The summed E-state index contributed by atoms with van der Waals surface area (Å²) in [5.41, 5.74) is -0.116. The fourth-order valence-electron chi connectivity index (χ4n) is 3.39. The number of hydrogen-bond donors (Lipinski definition) is 0. The van der Waals surface area contributed by atoms with Crippen LogP contribution in [0.5, 0.6) is 5.88 Å². The number of fused-ring (bicyclic) bond motifs is 1. The van der Waals surface area contributed by atoms with E-state index in [9.17, 15) is 9.59 Å². The molecule has 0 spiro atoms. The van der Waals surface area contributed by atoms with Crippen LogP contribution in [0, 0.1) is 0 Å². The summed E-state index contributed by atoms with van der Waals surface area (Å²) in [6.07, 6.45) is 1.37. The molecule has 8 heteroatoms. The number of para-hydroxylation sites is 1. The van der Waals surface area contributed by atoms with Crippen LogP contribution in [0.25, 0.3) is 11.0 Å². The Kier molecular flexibility index (Phi) is 5.16. The lowest BCUT2D eigenvalue weighted by Gasteiger charge is -2.32. The molecule has 1 aliphatic rings. The minimum absolute atomic E-state index is 0.0412. The van der Waals surface area contributed by atoms with E-state index in [0.717, 1.165) is 24.0 Å². The van der Waals surface area contributed by atoms with Crippen molar-refractivity contribution < 1.29 is 13.9 Å². The number of carbonyl (C=O) groups excluding carboxylic acids is 1. The van der Waals surface area contributed by atoms with Gasteiger partial charge in [-0.2, -0.15) is 0 Å². The van der Waals surface area contributed by atoms with Gasteiger partial charge in [-0.25, -0.2) is 4.79 Å². The van der Waals surface area contributed by atoms with Crippen LogP contribution in [-0.4, -0.2) is 54.3 Å². The average molecular weight is 394 g/mol. The Morgan fingerprint density at radius 2 is 2.03 bits per heavy atom. The Morgan fingerprint density at radius 1 is 1.21 bits per heavy atom. The Hall–Kier alpha value is -3.42. The maximum absolute atomic E-state index is 13.0. The minimum Gasteiger partial charge on any atom is -0.471 e. The number of nitrogens with zero attached hydrogens (tertiary/aromatic N) is 4. The molecule has 0 aliphatic carbocycles. The zero-order valence-electron chi connectivity index (χ0n) is 16.4. The first-order valence-electron chi connectivity index (χ1n) is 9.51. The number of ether oxygens (including phenoxy) is 1. The number of piperidine rings is 1. The summed E-state index contributed by atoms with van der Waals surface area (Å²) in [6.45, 7) is 0.943. The molecule has 1 amide bonds. The second-order valence-corrected chi connectivity index (χ2v) is 7.24. The molecule has 0 N–H and O–H groups in total. The zero-order chi connectivity index (χ0) is 20.4. The first-order valence-corrected chi connectivity index (χ1v) is 9.51. The van der Waals surface area contributed by atoms with Gasteiger partial charge in [-0.15, -0.1) is 10.2 Å². The van der Waals surface area contributed by atoms with Gasteiger partial charge in [-0.1, -0.05) is 18.2 Å². The highest BCUT2D eigenvalue weighted by Crippen LogP contribution is 2.20. The van der Waals surface area contributed by atoms with Crippen molar-refractivity contribution >= 4 is 22.7 Å². The van der Waals surface area contributed by atoms with E-state index in [-0.39, 0.29) is 17.6 Å². The van der Waals surface area contributed by atoms with Crippen molar-refractivity contribution in [3.8, 4) is 5.88 Å². The lowest BCUT2D eigenvalue weighted by atomic mass is 10.1. The van der Waals surface area contributed by atoms with Gasteiger partial charge in [0.2, 0.25) is 5.88 Å². The molecule has 29 heavy (non-hydrogen) atoms. The average Bonchev–Trinajstić information content (AvgIpc) is 2.73. The minimum atomic E-state index is -0.623. The predicted molar refractivity (Wildman–Crippen MR) is 108 cm³/mol. The van der Waals surface area contributed by atoms with Gasteiger partial charge in [0.1, 0.15) is 17.3 Å². The highest BCUT2D eigenvalue weighted by molar-refractivity contribution is 5.96. The van der Waals surface area contributed by atoms with Gasteiger partial charge < -0.3 is 19.0 Å². The summed E-state index contributed by atoms with van der Waals surface area (Å²) in [6, 6.07) is 12.3. The molecule has 3 aromatic rings. The second-order valence-electron chi connectivity index (χ2n) is 7.24. The number of benzene rings is 1. The van der Waals surface area contributed by atoms with E-state index in [1.54, 1.807) is 29.2 Å². The highest BCUT2D eigenvalue weighted by Gasteiger charge is 2.28. The van der Waals surface area contributed by atoms with E-state index in [4.69, 9.17) is 9.15 Å². The smallest absolute Gasteiger partial charge is 0.349 e. The molecule has 1 atom stereocenters. The molecule has 3 heterocycles. The maximum Gasteiger partial charge on any atom is 0.349 e. The van der Waals surface area contributed by atoms with E-state index in [1.807, 2.05) is 37.2 Å². The highest BCUT2D eigenvalue weighted by atomic mass is 16.5. The summed E-state index contributed by atoms with van der Waals surface area (Å²) >= 11 is 0. The predicted octanol–water partition coefficient (Wildman–Crippen LogP) is 2.33. The first kappa shape index (κ1) is 18.9. The summed E-state index contributed by atoms with van der Waals surface area (Å²) in [7, 11) is 3.77. The van der Waals surface area contributed by atoms with Crippen LogP contribution in [0.15, 0.2) is 51.7 Å². The summed E-state index contributed by atoms with van der Waals surface area (Å²) < 4.78 is 11.2. The van der Waals surface area contributed by atoms with Crippen molar-refractivity contribution in [3.05, 3.63) is 58.4 Å². The third-order valence-electron chi connectivity index (χ3n) is 4.91. The number of anilines is 1. The lowest BCUT2D eigenvalue weighted by Crippen LogP contribution is -2.45. The molecule has 0 bridgehead atoms. The number of likely N-dealkylation sites (tertiary alicyclic amines) is 1. The number of rotatable bonds is 4. The molecule has 2 aromatic heterocycles. The monoisotopic (exact) mass is 394 g/mol. The fourth-order valence-corrected chi connectivity index (χ4v) is 3.39. The molecule has 1 fully saturated rings. The second kappa shape index (κ2) is 7.90. The van der Waals surface area contributed by atoms with Crippen LogP contribution >= 0.6 is 0 Å². The molecule has 8 nitrogen and oxygen atoms in total. The zero-order valence-corrected chi connectivity index (χ0v) is 16.4. The van der Waals surface area contributed by atoms with Crippen LogP contribution in [0.1, 0.15) is 23.2 Å². The normalized spacial score (nSPS) is 16.6. The van der Waals surface area contributed by atoms with Gasteiger partial charge in [0.25, 0.3) is 5.91 Å². The van der Waals surface area contributed by atoms with Crippen molar-refractivity contribution in [1.29, 1.82) is 0 Å². The van der Waals surface area contributed by atoms with Crippen LogP contribution < -0.4 is 15.3 Å². The SMILES string of the molecule is CN(C)c1ccc(OC2CCCN(C(=O)c3cc4ccccc4oc3=O)C2)nn1. The van der Waals surface area contributed by atoms with Crippen molar-refractivity contribution in [3.63, 3.8) is 0 Å². The Balaban J connectivity index is 1.48. The largest absolute Gasteiger partial charge is 0.471 e. The van der Waals surface area contributed by atoms with Gasteiger partial charge in [-0.05, 0) is 31.0 Å². The van der Waals surface area contributed by atoms with Crippen LogP contribution in [-0.2, 0) is 0 Å². The maximum atomic E-state index is 13.0. The molecule has 0 saturated carbocycles. The Morgan fingerprint density at radius 3 is 2.79 bits per heavy atom. The van der Waals surface area contributed by atoms with E-state index < -0.39 is 5.63 Å². The quantitative estimate of drug-likeness (QED) is 0.628. The summed E-state index contributed by atoms with van der Waals surface area (Å²) in [5, 5.41) is 8.91. The van der Waals surface area contributed by atoms with Crippen molar-refractivity contribution in [2.75, 3.05) is 32.1 Å². The van der Waals surface area contributed by atoms with Gasteiger partial charge in [0.15, 0.2) is 5.82 Å². The Bertz CT molecular complexity index is 1080. The summed E-state index contributed by atoms with van der Waals surface area (Å²) in [5.74, 6) is 0.813. The number of hydrogen-bond acceptors (Lipinski definition) is 7. The van der Waals surface area contributed by atoms with E-state index in [1.165, 1.54) is 0 Å². The molecule has 150 valence electrons. The Labute approximate surface area is 167 Å². The number of aromatic nitrogens is 2. The molecule has 1 unspecified atom stereocenters. The molecule has 1 aliphatic heterocycles. The van der Waals surface area contributed by atoms with Gasteiger partial charge in [0.05, 0.1) is 6.54 Å². The molecule has 0 radical (unpaired) electrons. The third-order valence-corrected chi connectivity index (χ3v) is 4.91. The molecular formula is C21H22N4O4. The van der Waals surface area contributed by atoms with E-state index in [0.29, 0.717) is 24.6 Å². The molecule has 4 rings (SSSR count). The van der Waals surface area contributed by atoms with Gasteiger partial charge >= 0.3 is 5.63 Å². The fraction of sp³-hybridized carbons (Fsp3) is 0.333. The molecule has 1 saturated heterocycles. The van der Waals surface area contributed by atoms with E-state index in [2.05, 4.69) is 10.2 Å². The van der Waals surface area contributed by atoms with Crippen LogP contribution in [0.3, 0.4) is 0 Å². The van der Waals surface area contributed by atoms with Crippen molar-refractivity contribution in [1.82, 2.24) is 15.1 Å². The van der Waals surface area contributed by atoms with E-state index >= 15 is 0 Å². The first-order chi connectivity index (χ1) is 14.0. The lowest BCUT2D eigenvalue weighted by molar-refractivity contribution is 0.0522. The number of carbonyl (C=O) groups is 1. The topological polar surface area (TPSA) is 88.8 Å². The summed E-state index contributed by atoms with van der Waals surface area (Å²) in [4.78, 5) is 28.8.